The van der Waals surface area contributed by atoms with Crippen LogP contribution >= 0.6 is 0 Å². The third-order valence-corrected chi connectivity index (χ3v) is 3.93. The van der Waals surface area contributed by atoms with E-state index in [1.807, 2.05) is 25.6 Å². The maximum Gasteiger partial charge on any atom is 0.253 e. The molecule has 0 spiro atoms. The summed E-state index contributed by atoms with van der Waals surface area (Å²) >= 11 is 0. The van der Waals surface area contributed by atoms with E-state index in [-0.39, 0.29) is 11.8 Å². The van der Waals surface area contributed by atoms with Gasteiger partial charge in [-0.2, -0.15) is 5.10 Å². The normalized spacial score (nSPS) is 10.4. The number of hydrogen-bond donors (Lipinski definition) is 2. The summed E-state index contributed by atoms with van der Waals surface area (Å²) in [5.41, 5.74) is 4.10. The van der Waals surface area contributed by atoms with Gasteiger partial charge in [-0.3, -0.25) is 14.3 Å². The first-order valence-electron chi connectivity index (χ1n) is 7.54. The largest absolute Gasteiger partial charge is 0.355 e. The first-order valence-corrected chi connectivity index (χ1v) is 7.54. The summed E-state index contributed by atoms with van der Waals surface area (Å²) in [5.74, 6) is -0.344. The van der Waals surface area contributed by atoms with Gasteiger partial charge < -0.3 is 10.6 Å². The molecule has 0 saturated heterocycles. The number of carbonyl (C=O) groups is 2. The molecule has 0 aliphatic heterocycles. The number of carbonyl (C=O) groups excluding carboxylic acids is 2. The zero-order valence-corrected chi connectivity index (χ0v) is 13.9. The topological polar surface area (TPSA) is 76.0 Å². The Kier molecular flexibility index (Phi) is 5.16. The van der Waals surface area contributed by atoms with Gasteiger partial charge in [0.05, 0.1) is 16.9 Å². The van der Waals surface area contributed by atoms with Crippen molar-refractivity contribution >= 4 is 17.5 Å². The highest BCUT2D eigenvalue weighted by atomic mass is 16.2. The summed E-state index contributed by atoms with van der Waals surface area (Å²) in [7, 11) is 3.46. The van der Waals surface area contributed by atoms with Gasteiger partial charge in [0, 0.05) is 26.2 Å². The van der Waals surface area contributed by atoms with E-state index in [0.717, 1.165) is 17.0 Å². The monoisotopic (exact) mass is 314 g/mol. The number of aryl methyl sites for hydroxylation is 2. The molecule has 0 saturated carbocycles. The van der Waals surface area contributed by atoms with Crippen molar-refractivity contribution in [1.82, 2.24) is 15.1 Å². The second-order valence-corrected chi connectivity index (χ2v) is 5.45. The second kappa shape index (κ2) is 7.09. The fourth-order valence-electron chi connectivity index (χ4n) is 2.56. The van der Waals surface area contributed by atoms with Crippen molar-refractivity contribution in [3.8, 4) is 0 Å². The molecule has 0 fully saturated rings. The number of anilines is 1. The summed E-state index contributed by atoms with van der Waals surface area (Å²) in [6.07, 6.45) is 0.967. The lowest BCUT2D eigenvalue weighted by Crippen LogP contribution is -2.21. The van der Waals surface area contributed by atoms with Crippen LogP contribution in [0.3, 0.4) is 0 Å². The van der Waals surface area contributed by atoms with Crippen LogP contribution in [0.4, 0.5) is 5.69 Å². The van der Waals surface area contributed by atoms with Crippen molar-refractivity contribution in [3.63, 3.8) is 0 Å². The van der Waals surface area contributed by atoms with Gasteiger partial charge in [0.1, 0.15) is 0 Å². The Bertz CT molecular complexity index is 734. The van der Waals surface area contributed by atoms with Crippen molar-refractivity contribution < 1.29 is 9.59 Å². The SMILES string of the molecule is CNC(=O)c1ccccc1NC(=O)CCc1c(C)nn(C)c1C. The number of para-hydroxylation sites is 1. The van der Waals surface area contributed by atoms with Crippen LogP contribution < -0.4 is 10.6 Å². The Morgan fingerprint density at radius 1 is 1.22 bits per heavy atom. The summed E-state index contributed by atoms with van der Waals surface area (Å²) in [5, 5.41) is 9.74. The van der Waals surface area contributed by atoms with E-state index in [0.29, 0.717) is 24.1 Å². The van der Waals surface area contributed by atoms with Crippen molar-refractivity contribution in [3.05, 3.63) is 46.8 Å². The maximum absolute atomic E-state index is 12.2. The molecule has 1 aromatic carbocycles. The highest BCUT2D eigenvalue weighted by Crippen LogP contribution is 2.17. The van der Waals surface area contributed by atoms with E-state index in [1.54, 1.807) is 31.3 Å². The van der Waals surface area contributed by atoms with Crippen LogP contribution in [0.1, 0.15) is 33.7 Å². The van der Waals surface area contributed by atoms with Crippen LogP contribution in [0, 0.1) is 13.8 Å². The average molecular weight is 314 g/mol. The van der Waals surface area contributed by atoms with Crippen LogP contribution in [0.5, 0.6) is 0 Å². The van der Waals surface area contributed by atoms with Gasteiger partial charge in [0.25, 0.3) is 5.91 Å². The molecule has 1 heterocycles. The number of rotatable bonds is 5. The van der Waals surface area contributed by atoms with Gasteiger partial charge in [0.15, 0.2) is 0 Å². The zero-order chi connectivity index (χ0) is 17.0. The molecule has 1 aromatic heterocycles. The Morgan fingerprint density at radius 3 is 2.52 bits per heavy atom. The molecule has 2 amide bonds. The number of nitrogens with zero attached hydrogens (tertiary/aromatic N) is 2. The van der Waals surface area contributed by atoms with E-state index < -0.39 is 0 Å². The van der Waals surface area contributed by atoms with Crippen LogP contribution in [-0.2, 0) is 18.3 Å². The fraction of sp³-hybridized carbons (Fsp3) is 0.353. The van der Waals surface area contributed by atoms with Crippen LogP contribution in [0.25, 0.3) is 0 Å². The van der Waals surface area contributed by atoms with Gasteiger partial charge in [0.2, 0.25) is 5.91 Å². The molecule has 2 N–H and O–H groups in total. The lowest BCUT2D eigenvalue weighted by Gasteiger charge is -2.10. The number of hydrogen-bond acceptors (Lipinski definition) is 3. The molecule has 0 bridgehead atoms. The van der Waals surface area contributed by atoms with E-state index in [1.165, 1.54) is 0 Å². The molecule has 0 aliphatic carbocycles. The van der Waals surface area contributed by atoms with Crippen LogP contribution in [0.2, 0.25) is 0 Å². The van der Waals surface area contributed by atoms with Gasteiger partial charge in [-0.25, -0.2) is 0 Å². The molecular formula is C17H22N4O2. The van der Waals surface area contributed by atoms with Crippen LogP contribution in [-0.4, -0.2) is 28.6 Å². The van der Waals surface area contributed by atoms with Crippen molar-refractivity contribution in [2.24, 2.45) is 7.05 Å². The molecule has 6 nitrogen and oxygen atoms in total. The number of benzene rings is 1. The average Bonchev–Trinajstić information content (AvgIpc) is 2.78. The zero-order valence-electron chi connectivity index (χ0n) is 13.9. The molecule has 0 radical (unpaired) electrons. The minimum atomic E-state index is -0.222. The minimum absolute atomic E-state index is 0.121. The third kappa shape index (κ3) is 3.77. The Hall–Kier alpha value is -2.63. The lowest BCUT2D eigenvalue weighted by atomic mass is 10.1. The predicted octanol–water partition coefficient (Wildman–Crippen LogP) is 1.97. The molecule has 0 atom stereocenters. The molecule has 0 unspecified atom stereocenters. The Balaban J connectivity index is 2.05. The summed E-state index contributed by atoms with van der Waals surface area (Å²) in [4.78, 5) is 24.0. The first-order chi connectivity index (χ1) is 10.9. The highest BCUT2D eigenvalue weighted by molar-refractivity contribution is 6.03. The van der Waals surface area contributed by atoms with Gasteiger partial charge in [-0.1, -0.05) is 12.1 Å². The smallest absolute Gasteiger partial charge is 0.253 e. The highest BCUT2D eigenvalue weighted by Gasteiger charge is 2.14. The minimum Gasteiger partial charge on any atom is -0.355 e. The van der Waals surface area contributed by atoms with Gasteiger partial charge in [-0.15, -0.1) is 0 Å². The summed E-state index contributed by atoms with van der Waals surface area (Å²) < 4.78 is 1.82. The lowest BCUT2D eigenvalue weighted by molar-refractivity contribution is -0.116. The third-order valence-electron chi connectivity index (χ3n) is 3.93. The Labute approximate surface area is 135 Å². The van der Waals surface area contributed by atoms with E-state index in [2.05, 4.69) is 15.7 Å². The van der Waals surface area contributed by atoms with Crippen LogP contribution in [0.15, 0.2) is 24.3 Å². The van der Waals surface area contributed by atoms with Gasteiger partial charge in [-0.05, 0) is 38.0 Å². The quantitative estimate of drug-likeness (QED) is 0.886. The summed E-state index contributed by atoms with van der Waals surface area (Å²) in [6.45, 7) is 3.94. The van der Waals surface area contributed by atoms with E-state index in [4.69, 9.17) is 0 Å². The second-order valence-electron chi connectivity index (χ2n) is 5.45. The van der Waals surface area contributed by atoms with Crippen molar-refractivity contribution in [1.29, 1.82) is 0 Å². The number of aromatic nitrogens is 2. The van der Waals surface area contributed by atoms with Crippen molar-refractivity contribution in [2.45, 2.75) is 26.7 Å². The van der Waals surface area contributed by atoms with Crippen molar-refractivity contribution in [2.75, 3.05) is 12.4 Å². The summed E-state index contributed by atoms with van der Waals surface area (Å²) in [6, 6.07) is 6.97. The molecule has 6 heteroatoms. The standard InChI is InChI=1S/C17H22N4O2/c1-11-13(12(2)21(4)20-11)9-10-16(22)19-15-8-6-5-7-14(15)17(23)18-3/h5-8H,9-10H2,1-4H3,(H,18,23)(H,19,22). The number of nitrogens with one attached hydrogen (secondary N) is 2. The Morgan fingerprint density at radius 2 is 1.91 bits per heavy atom. The maximum atomic E-state index is 12.2. The van der Waals surface area contributed by atoms with Gasteiger partial charge >= 0.3 is 0 Å². The predicted molar refractivity (Wildman–Crippen MR) is 89.5 cm³/mol. The number of amides is 2. The van der Waals surface area contributed by atoms with E-state index >= 15 is 0 Å². The molecular weight excluding hydrogens is 292 g/mol. The van der Waals surface area contributed by atoms with E-state index in [9.17, 15) is 9.59 Å². The molecule has 122 valence electrons. The molecule has 2 aromatic rings. The first kappa shape index (κ1) is 16.7. The molecule has 23 heavy (non-hydrogen) atoms. The molecule has 2 rings (SSSR count). The molecule has 0 aliphatic rings. The fourth-order valence-corrected chi connectivity index (χ4v) is 2.56.